The molecule has 4 atom stereocenters. The number of benzene rings is 1. The third kappa shape index (κ3) is 7.66. The van der Waals surface area contributed by atoms with Crippen LogP contribution in [0, 0.1) is 0 Å². The molecule has 0 radical (unpaired) electrons. The minimum atomic E-state index is -1.48. The number of carboxylic acid groups (broad SMARTS) is 2. The predicted octanol–water partition coefficient (Wildman–Crippen LogP) is -1.60. The Hall–Kier alpha value is -4.20. The quantitative estimate of drug-likeness (QED) is 0.186. The van der Waals surface area contributed by atoms with Crippen molar-refractivity contribution in [2.45, 2.75) is 62.7 Å². The van der Waals surface area contributed by atoms with Crippen LogP contribution in [0.5, 0.6) is 5.75 Å². The summed E-state index contributed by atoms with van der Waals surface area (Å²) >= 11 is 0. The number of carbonyl (C=O) groups is 6. The number of nitrogens with two attached hydrogens (primary N) is 1. The number of aromatic hydroxyl groups is 1. The van der Waals surface area contributed by atoms with Gasteiger partial charge in [0.1, 0.15) is 23.9 Å². The molecule has 2 aliphatic rings. The summed E-state index contributed by atoms with van der Waals surface area (Å²) in [6.45, 7) is -0.0304. The smallest absolute Gasteiger partial charge is 0.326 e. The third-order valence-corrected chi connectivity index (χ3v) is 6.83. The number of hydrogen-bond acceptors (Lipinski definition) is 8. The van der Waals surface area contributed by atoms with Gasteiger partial charge in [-0.05, 0) is 49.8 Å². The molecule has 7 N–H and O–H groups in total. The van der Waals surface area contributed by atoms with E-state index in [4.69, 9.17) is 5.73 Å². The number of phenolic OH excluding ortho intramolecular Hbond substituents is 1. The molecule has 14 heteroatoms. The molecule has 3 rings (SSSR count). The zero-order valence-electron chi connectivity index (χ0n) is 21.2. The summed E-state index contributed by atoms with van der Waals surface area (Å²) in [6, 6.07) is 1.49. The van der Waals surface area contributed by atoms with Crippen molar-refractivity contribution >= 4 is 35.6 Å². The topological polar surface area (TPSA) is 220 Å². The minimum absolute atomic E-state index is 0.0398. The van der Waals surface area contributed by atoms with Gasteiger partial charge in [0, 0.05) is 13.1 Å². The van der Waals surface area contributed by atoms with E-state index >= 15 is 0 Å². The van der Waals surface area contributed by atoms with Crippen LogP contribution in [0.1, 0.15) is 37.7 Å². The lowest BCUT2D eigenvalue weighted by Gasteiger charge is -2.29. The van der Waals surface area contributed by atoms with Crippen molar-refractivity contribution in [3.05, 3.63) is 29.8 Å². The Bertz CT molecular complexity index is 1110. The van der Waals surface area contributed by atoms with E-state index in [1.54, 1.807) is 12.1 Å². The minimum Gasteiger partial charge on any atom is -0.508 e. The Morgan fingerprint density at radius 1 is 0.949 bits per heavy atom. The second kappa shape index (κ2) is 13.0. The maximum atomic E-state index is 13.3. The molecule has 0 aliphatic carbocycles. The molecule has 2 heterocycles. The van der Waals surface area contributed by atoms with Crippen LogP contribution < -0.4 is 16.4 Å². The van der Waals surface area contributed by atoms with Gasteiger partial charge in [-0.15, -0.1) is 0 Å². The molecule has 0 aromatic heterocycles. The highest BCUT2D eigenvalue weighted by Crippen LogP contribution is 2.20. The zero-order valence-corrected chi connectivity index (χ0v) is 21.2. The monoisotopic (exact) mass is 547 g/mol. The molecule has 2 fully saturated rings. The van der Waals surface area contributed by atoms with E-state index in [1.807, 2.05) is 0 Å². The second-order valence-corrected chi connectivity index (χ2v) is 9.63. The first-order valence-electron chi connectivity index (χ1n) is 12.6. The largest absolute Gasteiger partial charge is 0.508 e. The standard InChI is InChI=1S/C25H33N5O9/c26-16(11-14-5-7-15(31)8-6-14)22(35)28-17(12-21(33)34)24(37)30-10-1-3-18(30)23(36)27-13-20(32)29-9-2-4-19(29)25(38)39/h5-8,16-19,31H,1-4,9-13,26H2,(H,27,36)(H,28,35)(H,33,34)(H,38,39)/t16-,17-,18-,19-/m0/s1. The predicted molar refractivity (Wildman–Crippen MR) is 134 cm³/mol. The molecule has 0 spiro atoms. The SMILES string of the molecule is N[C@@H](Cc1ccc(O)cc1)C(=O)N[C@@H](CC(=O)O)C(=O)N1CCC[C@H]1C(=O)NCC(=O)N1CCC[C@H]1C(=O)O. The van der Waals surface area contributed by atoms with E-state index in [9.17, 15) is 44.1 Å². The van der Waals surface area contributed by atoms with Crippen molar-refractivity contribution in [1.82, 2.24) is 20.4 Å². The first-order valence-corrected chi connectivity index (χ1v) is 12.6. The number of amides is 4. The molecule has 1 aromatic rings. The van der Waals surface area contributed by atoms with Gasteiger partial charge in [0.15, 0.2) is 0 Å². The molecule has 14 nitrogen and oxygen atoms in total. The summed E-state index contributed by atoms with van der Waals surface area (Å²) in [5.74, 6) is -5.13. The molecule has 0 bridgehead atoms. The summed E-state index contributed by atoms with van der Waals surface area (Å²) in [7, 11) is 0. The number of likely N-dealkylation sites (tertiary alicyclic amines) is 2. The molecular formula is C25H33N5O9. The normalized spacial score (nSPS) is 20.2. The van der Waals surface area contributed by atoms with Crippen LogP contribution in [0.2, 0.25) is 0 Å². The molecule has 4 amide bonds. The number of carboxylic acids is 2. The maximum absolute atomic E-state index is 13.3. The van der Waals surface area contributed by atoms with Crippen molar-refractivity contribution in [3.63, 3.8) is 0 Å². The maximum Gasteiger partial charge on any atom is 0.326 e. The summed E-state index contributed by atoms with van der Waals surface area (Å²) in [5.41, 5.74) is 6.60. The van der Waals surface area contributed by atoms with Crippen molar-refractivity contribution in [2.75, 3.05) is 19.6 Å². The van der Waals surface area contributed by atoms with Crippen molar-refractivity contribution in [1.29, 1.82) is 0 Å². The van der Waals surface area contributed by atoms with Gasteiger partial charge in [0.25, 0.3) is 0 Å². The van der Waals surface area contributed by atoms with Gasteiger partial charge in [-0.1, -0.05) is 12.1 Å². The first-order chi connectivity index (χ1) is 18.5. The van der Waals surface area contributed by atoms with Gasteiger partial charge in [0.05, 0.1) is 19.0 Å². The molecule has 1 aromatic carbocycles. The van der Waals surface area contributed by atoms with E-state index < -0.39 is 72.7 Å². The van der Waals surface area contributed by atoms with Crippen LogP contribution in [0.4, 0.5) is 0 Å². The Morgan fingerprint density at radius 3 is 2.18 bits per heavy atom. The molecule has 0 unspecified atom stereocenters. The summed E-state index contributed by atoms with van der Waals surface area (Å²) in [5, 5.41) is 32.8. The van der Waals surface area contributed by atoms with Gasteiger partial charge < -0.3 is 41.5 Å². The first kappa shape index (κ1) is 29.4. The van der Waals surface area contributed by atoms with Gasteiger partial charge >= 0.3 is 11.9 Å². The molecule has 2 saturated heterocycles. The molecule has 0 saturated carbocycles. The highest BCUT2D eigenvalue weighted by Gasteiger charge is 2.39. The number of aliphatic carboxylic acids is 2. The fourth-order valence-corrected chi connectivity index (χ4v) is 4.84. The lowest BCUT2D eigenvalue weighted by molar-refractivity contribution is -0.148. The van der Waals surface area contributed by atoms with Crippen molar-refractivity contribution < 1.29 is 44.1 Å². The lowest BCUT2D eigenvalue weighted by Crippen LogP contribution is -2.57. The average Bonchev–Trinajstić information content (AvgIpc) is 3.57. The number of phenols is 1. The average molecular weight is 548 g/mol. The lowest BCUT2D eigenvalue weighted by atomic mass is 10.0. The number of nitrogens with zero attached hydrogens (tertiary/aromatic N) is 2. The van der Waals surface area contributed by atoms with E-state index in [-0.39, 0.29) is 31.7 Å². The number of rotatable bonds is 11. The Kier molecular flexibility index (Phi) is 9.82. The van der Waals surface area contributed by atoms with Crippen LogP contribution >= 0.6 is 0 Å². The van der Waals surface area contributed by atoms with Gasteiger partial charge in [0.2, 0.25) is 23.6 Å². The number of carbonyl (C=O) groups excluding carboxylic acids is 4. The van der Waals surface area contributed by atoms with Crippen LogP contribution in [-0.2, 0) is 35.2 Å². The Labute approximate surface area is 224 Å². The zero-order chi connectivity index (χ0) is 28.7. The van der Waals surface area contributed by atoms with E-state index in [0.717, 1.165) is 0 Å². The Balaban J connectivity index is 1.61. The molecule has 2 aliphatic heterocycles. The van der Waals surface area contributed by atoms with Gasteiger partial charge in [-0.25, -0.2) is 4.79 Å². The van der Waals surface area contributed by atoms with Gasteiger partial charge in [-0.3, -0.25) is 24.0 Å². The molecule has 39 heavy (non-hydrogen) atoms. The molecule has 212 valence electrons. The van der Waals surface area contributed by atoms with Gasteiger partial charge in [-0.2, -0.15) is 0 Å². The van der Waals surface area contributed by atoms with Crippen LogP contribution in [0.3, 0.4) is 0 Å². The van der Waals surface area contributed by atoms with E-state index in [0.29, 0.717) is 24.8 Å². The summed E-state index contributed by atoms with van der Waals surface area (Å²) < 4.78 is 0. The second-order valence-electron chi connectivity index (χ2n) is 9.63. The van der Waals surface area contributed by atoms with E-state index in [2.05, 4.69) is 10.6 Å². The van der Waals surface area contributed by atoms with Crippen molar-refractivity contribution in [2.24, 2.45) is 5.73 Å². The Morgan fingerprint density at radius 2 is 1.56 bits per heavy atom. The van der Waals surface area contributed by atoms with Crippen molar-refractivity contribution in [3.8, 4) is 5.75 Å². The highest BCUT2D eigenvalue weighted by molar-refractivity contribution is 5.96. The van der Waals surface area contributed by atoms with Crippen LogP contribution in [0.15, 0.2) is 24.3 Å². The third-order valence-electron chi connectivity index (χ3n) is 6.83. The fourth-order valence-electron chi connectivity index (χ4n) is 4.84. The number of nitrogens with one attached hydrogen (secondary N) is 2. The van der Waals surface area contributed by atoms with Crippen LogP contribution in [-0.4, -0.2) is 104 Å². The fraction of sp³-hybridized carbons (Fsp3) is 0.520. The van der Waals surface area contributed by atoms with Crippen LogP contribution in [0.25, 0.3) is 0 Å². The highest BCUT2D eigenvalue weighted by atomic mass is 16.4. The van der Waals surface area contributed by atoms with E-state index in [1.165, 1.54) is 21.9 Å². The summed E-state index contributed by atoms with van der Waals surface area (Å²) in [6.07, 6.45) is 0.917. The summed E-state index contributed by atoms with van der Waals surface area (Å²) in [4.78, 5) is 76.5. The number of hydrogen-bond donors (Lipinski definition) is 6. The molecular weight excluding hydrogens is 514 g/mol.